The van der Waals surface area contributed by atoms with Crippen LogP contribution >= 0.6 is 11.8 Å². The molecule has 0 saturated carbocycles. The Morgan fingerprint density at radius 1 is 1.50 bits per heavy atom. The van der Waals surface area contributed by atoms with Crippen LogP contribution in [-0.4, -0.2) is 65.1 Å². The molecule has 0 radical (unpaired) electrons. The number of likely N-dealkylation sites (N-methyl/N-ethyl adjacent to an activating group) is 1. The second kappa shape index (κ2) is 8.99. The lowest BCUT2D eigenvalue weighted by molar-refractivity contribution is -0.133. The van der Waals surface area contributed by atoms with E-state index in [0.717, 1.165) is 23.8 Å². The molecule has 1 N–H and O–H groups in total. The number of ether oxygens (including phenoxy) is 1. The Balaban J connectivity index is 2.48. The predicted molar refractivity (Wildman–Crippen MR) is 79.3 cm³/mol. The fourth-order valence-corrected chi connectivity index (χ4v) is 2.40. The average Bonchev–Trinajstić information content (AvgIpc) is 2.77. The van der Waals surface area contributed by atoms with E-state index in [2.05, 4.69) is 16.8 Å². The molecule has 0 aliphatic rings. The third-order valence-corrected chi connectivity index (χ3v) is 3.71. The molecule has 1 aromatic heterocycles. The summed E-state index contributed by atoms with van der Waals surface area (Å²) in [7, 11) is 4.02. The molecule has 1 rings (SSSR count). The summed E-state index contributed by atoms with van der Waals surface area (Å²) in [5.74, 6) is -0.799. The molecule has 0 aliphatic carbocycles. The van der Waals surface area contributed by atoms with Crippen molar-refractivity contribution in [2.24, 2.45) is 0 Å². The van der Waals surface area contributed by atoms with E-state index in [-0.39, 0.29) is 5.75 Å². The van der Waals surface area contributed by atoms with Crippen LogP contribution in [0.5, 0.6) is 0 Å². The summed E-state index contributed by atoms with van der Waals surface area (Å²) < 4.78 is 7.63. The number of thioether (sulfide) groups is 1. The molecule has 114 valence electrons. The summed E-state index contributed by atoms with van der Waals surface area (Å²) in [6.45, 7) is 4.97. The van der Waals surface area contributed by atoms with Crippen molar-refractivity contribution in [2.45, 2.75) is 25.0 Å². The van der Waals surface area contributed by atoms with E-state index in [9.17, 15) is 4.79 Å². The van der Waals surface area contributed by atoms with E-state index in [0.29, 0.717) is 19.8 Å². The van der Waals surface area contributed by atoms with Gasteiger partial charge in [-0.15, -0.1) is 0 Å². The van der Waals surface area contributed by atoms with E-state index in [1.165, 1.54) is 11.8 Å². The van der Waals surface area contributed by atoms with Gasteiger partial charge in [0.1, 0.15) is 0 Å². The zero-order chi connectivity index (χ0) is 15.0. The van der Waals surface area contributed by atoms with Crippen LogP contribution in [0.25, 0.3) is 0 Å². The van der Waals surface area contributed by atoms with E-state index in [1.807, 2.05) is 24.9 Å². The predicted octanol–water partition coefficient (Wildman–Crippen LogP) is 1.20. The van der Waals surface area contributed by atoms with Gasteiger partial charge in [-0.1, -0.05) is 18.7 Å². The first-order chi connectivity index (χ1) is 9.54. The zero-order valence-corrected chi connectivity index (χ0v) is 13.2. The number of carbonyl (C=O) groups is 1. The van der Waals surface area contributed by atoms with E-state index < -0.39 is 5.97 Å². The van der Waals surface area contributed by atoms with Gasteiger partial charge in [-0.2, -0.15) is 0 Å². The number of aliphatic carboxylic acids is 1. The number of carboxylic acid groups (broad SMARTS) is 1. The molecule has 0 unspecified atom stereocenters. The van der Waals surface area contributed by atoms with Gasteiger partial charge in [-0.05, 0) is 20.5 Å². The number of aromatic nitrogens is 2. The Morgan fingerprint density at radius 3 is 2.85 bits per heavy atom. The van der Waals surface area contributed by atoms with Crippen LogP contribution in [0.15, 0.2) is 11.4 Å². The van der Waals surface area contributed by atoms with Gasteiger partial charge in [0, 0.05) is 25.0 Å². The molecule has 1 aromatic rings. The monoisotopic (exact) mass is 301 g/mol. The highest BCUT2D eigenvalue weighted by atomic mass is 32.2. The minimum atomic E-state index is -0.829. The van der Waals surface area contributed by atoms with Crippen molar-refractivity contribution < 1.29 is 14.6 Å². The van der Waals surface area contributed by atoms with Crippen molar-refractivity contribution in [3.05, 3.63) is 11.9 Å². The van der Waals surface area contributed by atoms with Crippen molar-refractivity contribution in [1.29, 1.82) is 0 Å². The number of hydrogen-bond donors (Lipinski definition) is 1. The van der Waals surface area contributed by atoms with Gasteiger partial charge in [0.2, 0.25) is 0 Å². The fourth-order valence-electron chi connectivity index (χ4n) is 1.66. The second-order valence-corrected chi connectivity index (χ2v) is 5.58. The summed E-state index contributed by atoms with van der Waals surface area (Å²) >= 11 is 1.25. The number of imidazole rings is 1. The molecule has 0 amide bonds. The van der Waals surface area contributed by atoms with Gasteiger partial charge < -0.3 is 19.3 Å². The summed E-state index contributed by atoms with van der Waals surface area (Å²) in [5.41, 5.74) is 1.11. The van der Waals surface area contributed by atoms with E-state index >= 15 is 0 Å². The van der Waals surface area contributed by atoms with Gasteiger partial charge in [-0.25, -0.2) is 4.98 Å². The molecule has 20 heavy (non-hydrogen) atoms. The number of rotatable bonds is 10. The third-order valence-electron chi connectivity index (χ3n) is 2.73. The largest absolute Gasteiger partial charge is 0.481 e. The van der Waals surface area contributed by atoms with Crippen LogP contribution in [0.3, 0.4) is 0 Å². The zero-order valence-electron chi connectivity index (χ0n) is 12.3. The Morgan fingerprint density at radius 2 is 2.25 bits per heavy atom. The normalized spacial score (nSPS) is 11.2. The number of nitrogens with zero attached hydrogens (tertiary/aromatic N) is 3. The molecule has 0 bridgehead atoms. The van der Waals surface area contributed by atoms with Gasteiger partial charge in [0.15, 0.2) is 5.16 Å². The summed E-state index contributed by atoms with van der Waals surface area (Å²) in [6.07, 6.45) is 2.68. The third kappa shape index (κ3) is 5.94. The molecule has 7 heteroatoms. The highest BCUT2D eigenvalue weighted by Gasteiger charge is 2.10. The summed E-state index contributed by atoms with van der Waals surface area (Å²) in [4.78, 5) is 17.0. The molecule has 1 heterocycles. The molecule has 0 saturated heterocycles. The lowest BCUT2D eigenvalue weighted by atomic mass is 10.3. The molecule has 0 aliphatic heterocycles. The Hall–Kier alpha value is -1.05. The Labute approximate surface area is 124 Å². The van der Waals surface area contributed by atoms with Crippen LogP contribution in [0.2, 0.25) is 0 Å². The van der Waals surface area contributed by atoms with Crippen LogP contribution in [0, 0.1) is 0 Å². The highest BCUT2D eigenvalue weighted by molar-refractivity contribution is 7.99. The number of carboxylic acids is 1. The minimum absolute atomic E-state index is 0.0294. The standard InChI is InChI=1S/C13H23N3O3S/c1-4-11-9-14-13(20-10-12(17)18)16(11)6-8-19-7-5-15(2)3/h9H,4-8,10H2,1-3H3,(H,17,18). The molecule has 0 fully saturated rings. The topological polar surface area (TPSA) is 67.6 Å². The minimum Gasteiger partial charge on any atom is -0.481 e. The van der Waals surface area contributed by atoms with Crippen LogP contribution in [0.4, 0.5) is 0 Å². The van der Waals surface area contributed by atoms with Crippen molar-refractivity contribution in [2.75, 3.05) is 39.6 Å². The Bertz CT molecular complexity index is 421. The maximum atomic E-state index is 10.6. The molecule has 0 atom stereocenters. The summed E-state index contributed by atoms with van der Waals surface area (Å²) in [6, 6.07) is 0. The first kappa shape index (κ1) is 17.0. The quantitative estimate of drug-likeness (QED) is 0.517. The molecule has 0 spiro atoms. The lowest BCUT2D eigenvalue weighted by Gasteiger charge is -2.12. The van der Waals surface area contributed by atoms with Crippen LogP contribution < -0.4 is 0 Å². The van der Waals surface area contributed by atoms with Crippen molar-refractivity contribution in [1.82, 2.24) is 14.5 Å². The second-order valence-electron chi connectivity index (χ2n) is 4.64. The summed E-state index contributed by atoms with van der Waals surface area (Å²) in [5, 5.41) is 9.49. The molecular formula is C13H23N3O3S. The van der Waals surface area contributed by atoms with Gasteiger partial charge in [0.05, 0.1) is 19.0 Å². The maximum Gasteiger partial charge on any atom is 0.313 e. The molecular weight excluding hydrogens is 278 g/mol. The van der Waals surface area contributed by atoms with Gasteiger partial charge in [-0.3, -0.25) is 4.79 Å². The average molecular weight is 301 g/mol. The van der Waals surface area contributed by atoms with Crippen molar-refractivity contribution >= 4 is 17.7 Å². The number of aryl methyl sites for hydroxylation is 1. The first-order valence-corrected chi connectivity index (χ1v) is 7.64. The van der Waals surface area contributed by atoms with Crippen molar-refractivity contribution in [3.8, 4) is 0 Å². The fraction of sp³-hybridized carbons (Fsp3) is 0.692. The van der Waals surface area contributed by atoms with Crippen LogP contribution in [0.1, 0.15) is 12.6 Å². The molecule has 6 nitrogen and oxygen atoms in total. The van der Waals surface area contributed by atoms with E-state index in [1.54, 1.807) is 0 Å². The van der Waals surface area contributed by atoms with Crippen LogP contribution in [-0.2, 0) is 22.5 Å². The Kier molecular flexibility index (Phi) is 7.64. The SMILES string of the molecule is CCc1cnc(SCC(=O)O)n1CCOCCN(C)C. The smallest absolute Gasteiger partial charge is 0.313 e. The molecule has 0 aromatic carbocycles. The van der Waals surface area contributed by atoms with E-state index in [4.69, 9.17) is 9.84 Å². The highest BCUT2D eigenvalue weighted by Crippen LogP contribution is 2.18. The number of hydrogen-bond acceptors (Lipinski definition) is 5. The van der Waals surface area contributed by atoms with Gasteiger partial charge >= 0.3 is 5.97 Å². The maximum absolute atomic E-state index is 10.6. The van der Waals surface area contributed by atoms with Crippen molar-refractivity contribution in [3.63, 3.8) is 0 Å². The van der Waals surface area contributed by atoms with Gasteiger partial charge in [0.25, 0.3) is 0 Å². The first-order valence-electron chi connectivity index (χ1n) is 6.66. The lowest BCUT2D eigenvalue weighted by Crippen LogP contribution is -2.19.